The van der Waals surface area contributed by atoms with Gasteiger partial charge in [0.2, 0.25) is 0 Å². The fourth-order valence-corrected chi connectivity index (χ4v) is 2.11. The molecule has 6 nitrogen and oxygen atoms in total. The van der Waals surface area contributed by atoms with Crippen LogP contribution in [0.25, 0.3) is 0 Å². The number of anilines is 2. The number of fused-ring (bicyclic) bond motifs is 1. The number of hydrogen-bond acceptors (Lipinski definition) is 5. The maximum absolute atomic E-state index is 11.6. The summed E-state index contributed by atoms with van der Waals surface area (Å²) in [4.78, 5) is 30.9. The molecule has 94 valence electrons. The van der Waals surface area contributed by atoms with E-state index in [1.165, 1.54) is 6.33 Å². The Balaban J connectivity index is 1.96. The maximum atomic E-state index is 11.6. The standard InChI is InChI=1S/C12H7BrN4O2/c13-9-4-14-5-15-10(9)16-6-1-2-7-8(3-6)12(19)17-11(7)18/h1-5H,(H,14,15,16)(H,17,18,19). The number of hydrogen-bond donors (Lipinski definition) is 2. The minimum Gasteiger partial charge on any atom is -0.339 e. The Morgan fingerprint density at radius 1 is 1.16 bits per heavy atom. The van der Waals surface area contributed by atoms with Crippen LogP contribution in [-0.2, 0) is 0 Å². The normalized spacial score (nSPS) is 13.1. The lowest BCUT2D eigenvalue weighted by molar-refractivity contribution is 0.0879. The predicted molar refractivity (Wildman–Crippen MR) is 71.3 cm³/mol. The van der Waals surface area contributed by atoms with E-state index < -0.39 is 0 Å². The zero-order valence-corrected chi connectivity index (χ0v) is 11.1. The lowest BCUT2D eigenvalue weighted by atomic mass is 10.1. The number of nitrogens with one attached hydrogen (secondary N) is 2. The molecule has 19 heavy (non-hydrogen) atoms. The number of benzene rings is 1. The Labute approximate surface area is 116 Å². The van der Waals surface area contributed by atoms with Crippen molar-refractivity contribution in [2.45, 2.75) is 0 Å². The third-order valence-corrected chi connectivity index (χ3v) is 3.25. The quantitative estimate of drug-likeness (QED) is 0.826. The summed E-state index contributed by atoms with van der Waals surface area (Å²) in [5.41, 5.74) is 1.42. The van der Waals surface area contributed by atoms with E-state index in [0.717, 1.165) is 0 Å². The van der Waals surface area contributed by atoms with Gasteiger partial charge in [0.1, 0.15) is 12.1 Å². The molecule has 0 aliphatic carbocycles. The molecule has 2 aromatic rings. The van der Waals surface area contributed by atoms with Crippen molar-refractivity contribution < 1.29 is 9.59 Å². The third kappa shape index (κ3) is 2.08. The van der Waals surface area contributed by atoms with E-state index in [-0.39, 0.29) is 11.8 Å². The molecule has 2 N–H and O–H groups in total. The molecule has 0 unspecified atom stereocenters. The van der Waals surface area contributed by atoms with Crippen LogP contribution >= 0.6 is 15.9 Å². The van der Waals surface area contributed by atoms with Gasteiger partial charge >= 0.3 is 0 Å². The molecular formula is C12H7BrN4O2. The van der Waals surface area contributed by atoms with Crippen LogP contribution in [0.1, 0.15) is 20.7 Å². The van der Waals surface area contributed by atoms with Gasteiger partial charge in [-0.3, -0.25) is 14.9 Å². The molecule has 1 aromatic heterocycles. The average Bonchev–Trinajstić information content (AvgIpc) is 2.68. The molecule has 2 heterocycles. The van der Waals surface area contributed by atoms with Crippen molar-refractivity contribution in [1.29, 1.82) is 0 Å². The van der Waals surface area contributed by atoms with Gasteiger partial charge in [0.25, 0.3) is 11.8 Å². The van der Waals surface area contributed by atoms with Crippen LogP contribution in [-0.4, -0.2) is 21.8 Å². The highest BCUT2D eigenvalue weighted by molar-refractivity contribution is 9.10. The van der Waals surface area contributed by atoms with Crippen LogP contribution in [0, 0.1) is 0 Å². The number of aromatic nitrogens is 2. The monoisotopic (exact) mass is 318 g/mol. The van der Waals surface area contributed by atoms with Crippen LogP contribution in [0.5, 0.6) is 0 Å². The molecular weight excluding hydrogens is 312 g/mol. The maximum Gasteiger partial charge on any atom is 0.259 e. The molecule has 0 bridgehead atoms. The van der Waals surface area contributed by atoms with Gasteiger partial charge in [-0.1, -0.05) is 0 Å². The topological polar surface area (TPSA) is 84.0 Å². The minimum absolute atomic E-state index is 0.361. The van der Waals surface area contributed by atoms with Gasteiger partial charge in [-0.25, -0.2) is 9.97 Å². The van der Waals surface area contributed by atoms with Crippen molar-refractivity contribution in [2.24, 2.45) is 0 Å². The molecule has 0 atom stereocenters. The van der Waals surface area contributed by atoms with E-state index >= 15 is 0 Å². The fraction of sp³-hybridized carbons (Fsp3) is 0. The Morgan fingerprint density at radius 3 is 2.74 bits per heavy atom. The molecule has 7 heteroatoms. The first kappa shape index (κ1) is 11.8. The molecule has 3 rings (SSSR count). The molecule has 0 spiro atoms. The molecule has 1 aliphatic heterocycles. The first-order valence-corrected chi connectivity index (χ1v) is 6.17. The van der Waals surface area contributed by atoms with Gasteiger partial charge in [-0.05, 0) is 34.1 Å². The van der Waals surface area contributed by atoms with Gasteiger partial charge < -0.3 is 5.32 Å². The summed E-state index contributed by atoms with van der Waals surface area (Å²) < 4.78 is 0.705. The lowest BCUT2D eigenvalue weighted by Crippen LogP contribution is -2.19. The first-order valence-electron chi connectivity index (χ1n) is 5.37. The third-order valence-electron chi connectivity index (χ3n) is 2.67. The number of imide groups is 1. The molecule has 0 saturated heterocycles. The Kier molecular flexibility index (Phi) is 2.75. The van der Waals surface area contributed by atoms with Crippen molar-refractivity contribution in [3.05, 3.63) is 46.3 Å². The molecule has 1 aromatic carbocycles. The zero-order chi connectivity index (χ0) is 13.4. The average molecular weight is 319 g/mol. The summed E-state index contributed by atoms with van der Waals surface area (Å²) >= 11 is 3.32. The zero-order valence-electron chi connectivity index (χ0n) is 9.48. The number of carbonyl (C=O) groups excluding carboxylic acids is 2. The summed E-state index contributed by atoms with van der Waals surface area (Å²) in [5, 5.41) is 5.29. The molecule has 0 saturated carbocycles. The number of carbonyl (C=O) groups is 2. The van der Waals surface area contributed by atoms with Gasteiger partial charge in [-0.2, -0.15) is 0 Å². The second-order valence-electron chi connectivity index (χ2n) is 3.89. The largest absolute Gasteiger partial charge is 0.339 e. The van der Waals surface area contributed by atoms with Crippen LogP contribution in [0.2, 0.25) is 0 Å². The Hall–Kier alpha value is -2.28. The first-order chi connectivity index (χ1) is 9.15. The number of rotatable bonds is 2. The van der Waals surface area contributed by atoms with Crippen molar-refractivity contribution in [2.75, 3.05) is 5.32 Å². The summed E-state index contributed by atoms with van der Waals surface area (Å²) in [7, 11) is 0. The number of nitrogens with zero attached hydrogens (tertiary/aromatic N) is 2. The lowest BCUT2D eigenvalue weighted by Gasteiger charge is -2.07. The van der Waals surface area contributed by atoms with E-state index in [1.807, 2.05) is 0 Å². The minimum atomic E-state index is -0.384. The van der Waals surface area contributed by atoms with E-state index in [0.29, 0.717) is 27.1 Å². The smallest absolute Gasteiger partial charge is 0.259 e. The van der Waals surface area contributed by atoms with Gasteiger partial charge in [0.15, 0.2) is 0 Å². The molecule has 2 amide bonds. The van der Waals surface area contributed by atoms with E-state index in [1.54, 1.807) is 24.4 Å². The van der Waals surface area contributed by atoms with Crippen LogP contribution in [0.15, 0.2) is 35.2 Å². The van der Waals surface area contributed by atoms with Gasteiger partial charge in [-0.15, -0.1) is 0 Å². The highest BCUT2D eigenvalue weighted by atomic mass is 79.9. The van der Waals surface area contributed by atoms with E-state index in [2.05, 4.69) is 36.5 Å². The summed E-state index contributed by atoms with van der Waals surface area (Å²) in [6, 6.07) is 4.93. The van der Waals surface area contributed by atoms with Crippen molar-refractivity contribution in [3.8, 4) is 0 Å². The second kappa shape index (κ2) is 4.43. The highest BCUT2D eigenvalue weighted by Gasteiger charge is 2.26. The van der Waals surface area contributed by atoms with Crippen LogP contribution < -0.4 is 10.6 Å². The van der Waals surface area contributed by atoms with Crippen LogP contribution in [0.3, 0.4) is 0 Å². The second-order valence-corrected chi connectivity index (χ2v) is 4.74. The SMILES string of the molecule is O=C1NC(=O)c2cc(Nc3ncncc3Br)ccc21. The van der Waals surface area contributed by atoms with E-state index in [4.69, 9.17) is 0 Å². The summed E-state index contributed by atoms with van der Waals surface area (Å²) in [6.07, 6.45) is 3.02. The number of halogens is 1. The number of amides is 2. The highest BCUT2D eigenvalue weighted by Crippen LogP contribution is 2.25. The summed E-state index contributed by atoms with van der Waals surface area (Å²) in [5.74, 6) is -0.167. The molecule has 1 aliphatic rings. The van der Waals surface area contributed by atoms with Gasteiger partial charge in [0, 0.05) is 11.9 Å². The van der Waals surface area contributed by atoms with Gasteiger partial charge in [0.05, 0.1) is 15.6 Å². The Morgan fingerprint density at radius 2 is 1.95 bits per heavy atom. The molecule has 0 radical (unpaired) electrons. The fourth-order valence-electron chi connectivity index (χ4n) is 1.79. The summed E-state index contributed by atoms with van der Waals surface area (Å²) in [6.45, 7) is 0. The van der Waals surface area contributed by atoms with Crippen molar-refractivity contribution >= 4 is 39.2 Å². The van der Waals surface area contributed by atoms with Crippen LogP contribution in [0.4, 0.5) is 11.5 Å². The predicted octanol–water partition coefficient (Wildman–Crippen LogP) is 1.87. The Bertz CT molecular complexity index is 702. The molecule has 0 fully saturated rings. The van der Waals surface area contributed by atoms with Crippen molar-refractivity contribution in [3.63, 3.8) is 0 Å². The van der Waals surface area contributed by atoms with E-state index in [9.17, 15) is 9.59 Å². The van der Waals surface area contributed by atoms with Crippen molar-refractivity contribution in [1.82, 2.24) is 15.3 Å².